The Hall–Kier alpha value is -5.18. The smallest absolute Gasteiger partial charge is 0.333 e. The number of rotatable bonds is 18. The maximum absolute atomic E-state index is 11.6. The number of fused-ring (bicyclic) bond motifs is 3. The number of hydrogen-bond acceptors (Lipinski definition) is 8. The molecular formula is C45H50O8. The third kappa shape index (κ3) is 8.56. The second-order valence-electron chi connectivity index (χ2n) is 13.5. The lowest BCUT2D eigenvalue weighted by Crippen LogP contribution is -2.29. The zero-order valence-electron chi connectivity index (χ0n) is 31.8. The highest BCUT2D eigenvalue weighted by Gasteiger charge is 2.46. The molecule has 0 N–H and O–H groups in total. The van der Waals surface area contributed by atoms with E-state index in [0.29, 0.717) is 37.6 Å². The van der Waals surface area contributed by atoms with Crippen molar-refractivity contribution in [2.45, 2.75) is 47.0 Å². The first-order valence-corrected chi connectivity index (χ1v) is 18.0. The molecule has 4 aromatic rings. The van der Waals surface area contributed by atoms with Crippen molar-refractivity contribution in [3.05, 3.63) is 142 Å². The van der Waals surface area contributed by atoms with Crippen LogP contribution in [0.3, 0.4) is 0 Å². The summed E-state index contributed by atoms with van der Waals surface area (Å²) in [5.41, 5.74) is 11.4. The minimum absolute atomic E-state index is 0.167. The maximum Gasteiger partial charge on any atom is 0.333 e. The van der Waals surface area contributed by atoms with E-state index >= 15 is 0 Å². The summed E-state index contributed by atoms with van der Waals surface area (Å²) in [6.45, 7) is 21.1. The van der Waals surface area contributed by atoms with E-state index in [9.17, 15) is 9.59 Å². The van der Waals surface area contributed by atoms with Gasteiger partial charge in [0.15, 0.2) is 0 Å². The van der Waals surface area contributed by atoms with Gasteiger partial charge in [-0.05, 0) is 97.2 Å². The van der Waals surface area contributed by atoms with Crippen LogP contribution < -0.4 is 9.47 Å². The summed E-state index contributed by atoms with van der Waals surface area (Å²) < 4.78 is 34.0. The Balaban J connectivity index is 1.40. The zero-order valence-corrected chi connectivity index (χ0v) is 31.8. The van der Waals surface area contributed by atoms with Gasteiger partial charge in [-0.15, -0.1) is 0 Å². The van der Waals surface area contributed by atoms with Crippen LogP contribution in [0.5, 0.6) is 11.5 Å². The predicted octanol–water partition coefficient (Wildman–Crippen LogP) is 8.31. The summed E-state index contributed by atoms with van der Waals surface area (Å²) >= 11 is 0. The zero-order chi connectivity index (χ0) is 38.1. The Morgan fingerprint density at radius 1 is 0.528 bits per heavy atom. The summed E-state index contributed by atoms with van der Waals surface area (Å²) in [6, 6.07) is 26.4. The van der Waals surface area contributed by atoms with Crippen molar-refractivity contribution in [3.8, 4) is 22.6 Å². The maximum atomic E-state index is 11.6. The standard InChI is InChI=1S/C45H50O8/c1-29(2)43(46)52-23-19-48-17-21-50-41-31(5)25-35(26-32(41)6)45(39-15-11-9-13-37(39)38-14-10-12-16-40(38)45)36-27-33(7)42(34(8)28-36)51-22-18-49-20-24-53-44(47)30(3)4/h9-16,25-28H,1,3,17-24H2,2,4-8H3. The highest BCUT2D eigenvalue weighted by Crippen LogP contribution is 2.57. The first-order chi connectivity index (χ1) is 25.5. The lowest BCUT2D eigenvalue weighted by atomic mass is 9.66. The molecule has 0 heterocycles. The van der Waals surface area contributed by atoms with E-state index < -0.39 is 17.4 Å². The lowest BCUT2D eigenvalue weighted by molar-refractivity contribution is -0.141. The summed E-state index contributed by atoms with van der Waals surface area (Å²) in [5, 5.41) is 0. The highest BCUT2D eigenvalue weighted by molar-refractivity contribution is 5.88. The molecule has 0 radical (unpaired) electrons. The molecule has 0 spiro atoms. The molecule has 8 heteroatoms. The third-order valence-corrected chi connectivity index (χ3v) is 9.31. The van der Waals surface area contributed by atoms with E-state index in [0.717, 1.165) is 44.9 Å². The molecule has 0 aliphatic heterocycles. The monoisotopic (exact) mass is 718 g/mol. The molecule has 1 aliphatic carbocycles. The van der Waals surface area contributed by atoms with Gasteiger partial charge in [0.2, 0.25) is 0 Å². The molecule has 1 aliphatic rings. The van der Waals surface area contributed by atoms with Gasteiger partial charge in [0.1, 0.15) is 37.9 Å². The fraction of sp³-hybridized carbons (Fsp3) is 0.333. The fourth-order valence-corrected chi connectivity index (χ4v) is 7.06. The molecule has 0 aromatic heterocycles. The summed E-state index contributed by atoms with van der Waals surface area (Å²) in [5.74, 6) is 0.812. The molecule has 0 atom stereocenters. The second-order valence-corrected chi connectivity index (χ2v) is 13.5. The van der Waals surface area contributed by atoms with Gasteiger partial charge in [-0.2, -0.15) is 0 Å². The van der Waals surface area contributed by atoms with Crippen LogP contribution in [0.2, 0.25) is 0 Å². The van der Waals surface area contributed by atoms with Gasteiger partial charge in [-0.1, -0.05) is 86.0 Å². The number of ether oxygens (including phenoxy) is 6. The number of hydrogen-bond donors (Lipinski definition) is 0. The van der Waals surface area contributed by atoms with Gasteiger partial charge >= 0.3 is 11.9 Å². The van der Waals surface area contributed by atoms with Gasteiger partial charge in [0, 0.05) is 11.1 Å². The van der Waals surface area contributed by atoms with Gasteiger partial charge in [-0.3, -0.25) is 0 Å². The summed E-state index contributed by atoms with van der Waals surface area (Å²) in [4.78, 5) is 23.2. The van der Waals surface area contributed by atoms with E-state index in [-0.39, 0.29) is 26.4 Å². The van der Waals surface area contributed by atoms with Crippen LogP contribution in [0.4, 0.5) is 0 Å². The molecule has 278 valence electrons. The summed E-state index contributed by atoms with van der Waals surface area (Å²) in [6.07, 6.45) is 0. The number of benzene rings is 4. The van der Waals surface area contributed by atoms with Crippen LogP contribution in [0.25, 0.3) is 11.1 Å². The van der Waals surface area contributed by atoms with E-state index in [1.807, 2.05) is 0 Å². The molecule has 0 saturated heterocycles. The predicted molar refractivity (Wildman–Crippen MR) is 207 cm³/mol. The minimum Gasteiger partial charge on any atom is -0.491 e. The van der Waals surface area contributed by atoms with Crippen molar-refractivity contribution in [3.63, 3.8) is 0 Å². The van der Waals surface area contributed by atoms with E-state index in [2.05, 4.69) is 114 Å². The van der Waals surface area contributed by atoms with Crippen LogP contribution in [-0.4, -0.2) is 64.8 Å². The van der Waals surface area contributed by atoms with Gasteiger partial charge in [0.25, 0.3) is 0 Å². The molecule has 8 nitrogen and oxygen atoms in total. The highest BCUT2D eigenvalue weighted by atomic mass is 16.6. The van der Waals surface area contributed by atoms with E-state index in [1.54, 1.807) is 13.8 Å². The Labute approximate surface area is 313 Å². The number of carbonyl (C=O) groups excluding carboxylic acids is 2. The molecule has 0 fully saturated rings. The SMILES string of the molecule is C=C(C)C(=O)OCCOCCOc1c(C)cc(C2(c3cc(C)c(OCCOCCOC(=O)C(=C)C)c(C)c3)c3ccccc3-c3ccccc32)cc1C. The van der Waals surface area contributed by atoms with E-state index in [4.69, 9.17) is 28.4 Å². The number of esters is 2. The molecule has 0 saturated carbocycles. The van der Waals surface area contributed by atoms with Crippen LogP contribution in [0.15, 0.2) is 97.1 Å². The van der Waals surface area contributed by atoms with Gasteiger partial charge in [0.05, 0.1) is 31.8 Å². The Morgan fingerprint density at radius 2 is 0.868 bits per heavy atom. The van der Waals surface area contributed by atoms with Crippen molar-refractivity contribution >= 4 is 11.9 Å². The molecule has 0 amide bonds. The Kier molecular flexibility index (Phi) is 12.9. The average Bonchev–Trinajstić information content (AvgIpc) is 3.43. The number of aryl methyl sites for hydroxylation is 4. The molecule has 0 bridgehead atoms. The molecule has 5 rings (SSSR count). The van der Waals surface area contributed by atoms with Crippen LogP contribution >= 0.6 is 0 Å². The minimum atomic E-state index is -0.593. The Bertz CT molecular complexity index is 1800. The molecular weight excluding hydrogens is 668 g/mol. The topological polar surface area (TPSA) is 89.5 Å². The normalized spacial score (nSPS) is 12.4. The van der Waals surface area contributed by atoms with Crippen molar-refractivity contribution in [2.24, 2.45) is 0 Å². The van der Waals surface area contributed by atoms with Crippen LogP contribution in [0.1, 0.15) is 58.4 Å². The van der Waals surface area contributed by atoms with Gasteiger partial charge < -0.3 is 28.4 Å². The molecule has 0 unspecified atom stereocenters. The average molecular weight is 719 g/mol. The van der Waals surface area contributed by atoms with Crippen molar-refractivity contribution < 1.29 is 38.0 Å². The van der Waals surface area contributed by atoms with E-state index in [1.165, 1.54) is 22.3 Å². The first kappa shape index (κ1) is 39.0. The van der Waals surface area contributed by atoms with Crippen LogP contribution in [0, 0.1) is 27.7 Å². The second kappa shape index (κ2) is 17.6. The lowest BCUT2D eigenvalue weighted by Gasteiger charge is -2.35. The fourth-order valence-electron chi connectivity index (χ4n) is 7.06. The van der Waals surface area contributed by atoms with Crippen molar-refractivity contribution in [2.75, 3.05) is 52.9 Å². The third-order valence-electron chi connectivity index (χ3n) is 9.31. The largest absolute Gasteiger partial charge is 0.491 e. The first-order valence-electron chi connectivity index (χ1n) is 18.0. The van der Waals surface area contributed by atoms with Crippen molar-refractivity contribution in [1.82, 2.24) is 0 Å². The van der Waals surface area contributed by atoms with Gasteiger partial charge in [-0.25, -0.2) is 9.59 Å². The quantitative estimate of drug-likeness (QED) is 0.0508. The molecule has 4 aromatic carbocycles. The Morgan fingerprint density at radius 3 is 1.23 bits per heavy atom. The molecule has 53 heavy (non-hydrogen) atoms. The number of carbonyl (C=O) groups is 2. The van der Waals surface area contributed by atoms with Crippen LogP contribution in [-0.2, 0) is 34.0 Å². The summed E-state index contributed by atoms with van der Waals surface area (Å²) in [7, 11) is 0. The van der Waals surface area contributed by atoms with Crippen molar-refractivity contribution in [1.29, 1.82) is 0 Å².